The highest BCUT2D eigenvalue weighted by Gasteiger charge is 2.39. The Kier molecular flexibility index (Phi) is 5.16. The Morgan fingerprint density at radius 1 is 1.65 bits per heavy atom. The average Bonchev–Trinajstić information content (AvgIpc) is 2.87. The van der Waals surface area contributed by atoms with E-state index in [1.54, 1.807) is 11.3 Å². The first-order valence-corrected chi connectivity index (χ1v) is 8.39. The maximum Gasteiger partial charge on any atom is 0.228 e. The number of rotatable bonds is 5. The van der Waals surface area contributed by atoms with E-state index in [4.69, 9.17) is 0 Å². The van der Waals surface area contributed by atoms with Crippen LogP contribution in [-0.2, 0) is 4.79 Å². The molecule has 0 radical (unpaired) electrons. The van der Waals surface area contributed by atoms with Crippen molar-refractivity contribution in [2.45, 2.75) is 52.5 Å². The Morgan fingerprint density at radius 2 is 2.45 bits per heavy atom. The van der Waals surface area contributed by atoms with E-state index in [1.165, 1.54) is 0 Å². The Balaban J connectivity index is 2.04. The summed E-state index contributed by atoms with van der Waals surface area (Å²) < 4.78 is 0. The zero-order valence-corrected chi connectivity index (χ0v) is 13.5. The molecule has 1 aliphatic rings. The second-order valence-corrected chi connectivity index (χ2v) is 6.72. The Labute approximate surface area is 125 Å². The van der Waals surface area contributed by atoms with Crippen LogP contribution in [0.2, 0.25) is 0 Å². The van der Waals surface area contributed by atoms with Crippen molar-refractivity contribution in [2.24, 2.45) is 5.41 Å². The standard InChI is InChI=1S/C15H25N3OS/c1-4-6-15(7-5-8-16-10-15)14(19)18-12(3)13-17-11(2)9-20-13/h9,12,16H,4-8,10H2,1-3H3,(H,18,19). The summed E-state index contributed by atoms with van der Waals surface area (Å²) in [6.07, 6.45) is 4.07. The largest absolute Gasteiger partial charge is 0.347 e. The van der Waals surface area contributed by atoms with Crippen molar-refractivity contribution >= 4 is 17.2 Å². The Bertz CT molecular complexity index is 446. The van der Waals surface area contributed by atoms with Crippen molar-refractivity contribution in [1.29, 1.82) is 0 Å². The minimum atomic E-state index is -0.229. The first-order valence-electron chi connectivity index (χ1n) is 7.51. The van der Waals surface area contributed by atoms with Crippen molar-refractivity contribution in [3.63, 3.8) is 0 Å². The molecule has 2 atom stereocenters. The fourth-order valence-corrected chi connectivity index (χ4v) is 3.75. The quantitative estimate of drug-likeness (QED) is 0.878. The minimum Gasteiger partial charge on any atom is -0.347 e. The molecule has 0 saturated carbocycles. The first-order chi connectivity index (χ1) is 9.57. The van der Waals surface area contributed by atoms with Crippen LogP contribution in [0.3, 0.4) is 0 Å². The van der Waals surface area contributed by atoms with E-state index in [1.807, 2.05) is 19.2 Å². The topological polar surface area (TPSA) is 54.0 Å². The predicted octanol–water partition coefficient (Wildman–Crippen LogP) is 2.80. The van der Waals surface area contributed by atoms with Crippen LogP contribution < -0.4 is 10.6 Å². The van der Waals surface area contributed by atoms with Crippen LogP contribution in [0.15, 0.2) is 5.38 Å². The molecule has 4 nitrogen and oxygen atoms in total. The Hall–Kier alpha value is -0.940. The van der Waals surface area contributed by atoms with E-state index in [0.29, 0.717) is 0 Å². The summed E-state index contributed by atoms with van der Waals surface area (Å²) in [7, 11) is 0. The normalized spacial score (nSPS) is 24.4. The van der Waals surface area contributed by atoms with Gasteiger partial charge in [0.1, 0.15) is 5.01 Å². The van der Waals surface area contributed by atoms with Gasteiger partial charge in [-0.15, -0.1) is 11.3 Å². The van der Waals surface area contributed by atoms with Gasteiger partial charge in [-0.05, 0) is 39.7 Å². The van der Waals surface area contributed by atoms with Gasteiger partial charge in [0.2, 0.25) is 5.91 Å². The molecule has 1 amide bonds. The molecule has 20 heavy (non-hydrogen) atoms. The van der Waals surface area contributed by atoms with Gasteiger partial charge in [-0.3, -0.25) is 4.79 Å². The molecule has 0 aromatic carbocycles. The van der Waals surface area contributed by atoms with E-state index in [2.05, 4.69) is 22.5 Å². The lowest BCUT2D eigenvalue weighted by molar-refractivity contribution is -0.133. The number of carbonyl (C=O) groups is 1. The van der Waals surface area contributed by atoms with Crippen LogP contribution in [0.1, 0.15) is 56.3 Å². The lowest BCUT2D eigenvalue weighted by Gasteiger charge is -2.36. The third kappa shape index (κ3) is 3.38. The third-order valence-electron chi connectivity index (χ3n) is 4.04. The van der Waals surface area contributed by atoms with Gasteiger partial charge < -0.3 is 10.6 Å². The fraction of sp³-hybridized carbons (Fsp3) is 0.733. The highest BCUT2D eigenvalue weighted by atomic mass is 32.1. The molecule has 2 N–H and O–H groups in total. The molecule has 112 valence electrons. The number of amides is 1. The zero-order valence-electron chi connectivity index (χ0n) is 12.7. The number of carbonyl (C=O) groups excluding carboxylic acids is 1. The van der Waals surface area contributed by atoms with Crippen molar-refractivity contribution in [3.8, 4) is 0 Å². The SMILES string of the molecule is CCCC1(C(=O)NC(C)c2nc(C)cs2)CCCNC1. The van der Waals surface area contributed by atoms with Gasteiger partial charge in [0.25, 0.3) is 0 Å². The molecular weight excluding hydrogens is 270 g/mol. The van der Waals surface area contributed by atoms with Gasteiger partial charge in [-0.25, -0.2) is 4.98 Å². The van der Waals surface area contributed by atoms with E-state index < -0.39 is 0 Å². The predicted molar refractivity (Wildman–Crippen MR) is 82.9 cm³/mol. The molecule has 2 unspecified atom stereocenters. The number of thiazole rings is 1. The number of hydrogen-bond donors (Lipinski definition) is 2. The van der Waals surface area contributed by atoms with Gasteiger partial charge in [0, 0.05) is 17.6 Å². The van der Waals surface area contributed by atoms with Crippen LogP contribution in [-0.4, -0.2) is 24.0 Å². The van der Waals surface area contributed by atoms with Gasteiger partial charge in [0.05, 0.1) is 11.5 Å². The molecule has 1 aliphatic heterocycles. The minimum absolute atomic E-state index is 0.00291. The van der Waals surface area contributed by atoms with Crippen molar-refractivity contribution < 1.29 is 4.79 Å². The second kappa shape index (κ2) is 6.68. The van der Waals surface area contributed by atoms with Crippen LogP contribution in [0.4, 0.5) is 0 Å². The highest BCUT2D eigenvalue weighted by molar-refractivity contribution is 7.09. The lowest BCUT2D eigenvalue weighted by atomic mass is 9.76. The van der Waals surface area contributed by atoms with Gasteiger partial charge >= 0.3 is 0 Å². The van der Waals surface area contributed by atoms with Crippen LogP contribution in [0.5, 0.6) is 0 Å². The molecule has 0 spiro atoms. The molecule has 2 heterocycles. The number of aryl methyl sites for hydroxylation is 1. The number of nitrogens with one attached hydrogen (secondary N) is 2. The summed E-state index contributed by atoms with van der Waals surface area (Å²) in [6, 6.07) is -0.00291. The number of piperidine rings is 1. The van der Waals surface area contributed by atoms with Crippen molar-refractivity contribution in [2.75, 3.05) is 13.1 Å². The number of nitrogens with zero attached hydrogens (tertiary/aromatic N) is 1. The maximum absolute atomic E-state index is 12.7. The van der Waals surface area contributed by atoms with E-state index >= 15 is 0 Å². The summed E-state index contributed by atoms with van der Waals surface area (Å²) >= 11 is 1.62. The van der Waals surface area contributed by atoms with Gasteiger partial charge in [-0.2, -0.15) is 0 Å². The smallest absolute Gasteiger partial charge is 0.228 e. The van der Waals surface area contributed by atoms with E-state index in [9.17, 15) is 4.79 Å². The molecule has 1 fully saturated rings. The number of aromatic nitrogens is 1. The van der Waals surface area contributed by atoms with Gasteiger partial charge in [-0.1, -0.05) is 13.3 Å². The van der Waals surface area contributed by atoms with Crippen LogP contribution in [0.25, 0.3) is 0 Å². The summed E-state index contributed by atoms with van der Waals surface area (Å²) in [5.41, 5.74) is 0.793. The van der Waals surface area contributed by atoms with Crippen molar-refractivity contribution in [3.05, 3.63) is 16.1 Å². The van der Waals surface area contributed by atoms with E-state index in [-0.39, 0.29) is 17.4 Å². The maximum atomic E-state index is 12.7. The number of hydrogen-bond acceptors (Lipinski definition) is 4. The molecule has 5 heteroatoms. The summed E-state index contributed by atoms with van der Waals surface area (Å²) in [5, 5.41) is 9.58. The lowest BCUT2D eigenvalue weighted by Crippen LogP contribution is -2.50. The monoisotopic (exact) mass is 295 g/mol. The molecule has 0 bridgehead atoms. The zero-order chi connectivity index (χ0) is 14.6. The van der Waals surface area contributed by atoms with Crippen LogP contribution >= 0.6 is 11.3 Å². The second-order valence-electron chi connectivity index (χ2n) is 5.83. The fourth-order valence-electron chi connectivity index (χ4n) is 2.95. The van der Waals surface area contributed by atoms with Gasteiger partial charge in [0.15, 0.2) is 0 Å². The Morgan fingerprint density at radius 3 is 3.00 bits per heavy atom. The van der Waals surface area contributed by atoms with Crippen molar-refractivity contribution in [1.82, 2.24) is 15.6 Å². The molecule has 1 aromatic heterocycles. The van der Waals surface area contributed by atoms with E-state index in [0.717, 1.165) is 49.5 Å². The molecular formula is C15H25N3OS. The summed E-state index contributed by atoms with van der Waals surface area (Å²) in [4.78, 5) is 17.2. The summed E-state index contributed by atoms with van der Waals surface area (Å²) in [6.45, 7) is 7.98. The first kappa shape index (κ1) is 15.4. The third-order valence-corrected chi connectivity index (χ3v) is 5.18. The molecule has 0 aliphatic carbocycles. The molecule has 1 saturated heterocycles. The molecule has 2 rings (SSSR count). The van der Waals surface area contributed by atoms with Crippen LogP contribution in [0, 0.1) is 12.3 Å². The molecule has 1 aromatic rings. The summed E-state index contributed by atoms with van der Waals surface area (Å²) in [5.74, 6) is 0.187. The highest BCUT2D eigenvalue weighted by Crippen LogP contribution is 2.33. The average molecular weight is 295 g/mol.